The molecular weight excluding hydrogens is 546 g/mol. The van der Waals surface area contributed by atoms with Crippen molar-refractivity contribution < 1.29 is 28.2 Å². The number of carbonyl (C=O) groups is 2. The minimum absolute atomic E-state index is 0.0224. The van der Waals surface area contributed by atoms with Crippen molar-refractivity contribution in [2.24, 2.45) is 0 Å². The number of hydrogen-bond donors (Lipinski definition) is 0. The Morgan fingerprint density at radius 2 is 1.65 bits per heavy atom. The maximum atomic E-state index is 13.9. The van der Waals surface area contributed by atoms with E-state index in [1.807, 2.05) is 54.6 Å². The fourth-order valence-corrected chi connectivity index (χ4v) is 5.48. The van der Waals surface area contributed by atoms with Crippen molar-refractivity contribution >= 4 is 11.8 Å². The highest BCUT2D eigenvalue weighted by Gasteiger charge is 2.25. The molecule has 0 radical (unpaired) electrons. The quantitative estimate of drug-likeness (QED) is 0.227. The average molecular weight is 590 g/mol. The van der Waals surface area contributed by atoms with Crippen LogP contribution in [0.3, 0.4) is 0 Å². The summed E-state index contributed by atoms with van der Waals surface area (Å²) in [7, 11) is 0. The van der Waals surface area contributed by atoms with E-state index in [-0.39, 0.29) is 25.2 Å². The number of aryl methyl sites for hydroxylation is 1. The first kappa shape index (κ1) is 30.6. The highest BCUT2D eigenvalue weighted by atomic mass is 16.7. The molecule has 0 unspecified atom stereocenters. The van der Waals surface area contributed by atoms with Gasteiger partial charge >= 0.3 is 0 Å². The number of amides is 2. The molecule has 2 aliphatic heterocycles. The van der Waals surface area contributed by atoms with Gasteiger partial charge in [0.1, 0.15) is 12.3 Å². The van der Waals surface area contributed by atoms with Gasteiger partial charge in [0.05, 0.1) is 26.0 Å². The molecule has 2 amide bonds. The summed E-state index contributed by atoms with van der Waals surface area (Å²) in [6.45, 7) is 7.57. The lowest BCUT2D eigenvalue weighted by Crippen LogP contribution is -2.44. The number of fused-ring (bicyclic) bond motifs is 1. The van der Waals surface area contributed by atoms with Gasteiger partial charge in [-0.25, -0.2) is 0 Å². The zero-order chi connectivity index (χ0) is 29.9. The minimum Gasteiger partial charge on any atom is -0.467 e. The van der Waals surface area contributed by atoms with Gasteiger partial charge in [-0.05, 0) is 66.8 Å². The van der Waals surface area contributed by atoms with Gasteiger partial charge in [-0.2, -0.15) is 0 Å². The Balaban J connectivity index is 1.30. The SMILES string of the molecule is CCCCCc1ccc(C(=O)N(CCCN2CCOCC2)CC(=O)N(Cc2ccc3c(c2)OCO3)Cc2ccco2)cc1. The van der Waals surface area contributed by atoms with Crippen molar-refractivity contribution in [2.45, 2.75) is 52.1 Å². The molecule has 9 nitrogen and oxygen atoms in total. The van der Waals surface area contributed by atoms with E-state index in [2.05, 4.69) is 11.8 Å². The number of benzene rings is 2. The Hall–Kier alpha value is -3.82. The van der Waals surface area contributed by atoms with E-state index >= 15 is 0 Å². The molecule has 0 N–H and O–H groups in total. The zero-order valence-electron chi connectivity index (χ0n) is 25.2. The number of carbonyl (C=O) groups excluding carboxylic acids is 2. The molecule has 5 rings (SSSR count). The van der Waals surface area contributed by atoms with Crippen LogP contribution in [0.4, 0.5) is 0 Å². The third kappa shape index (κ3) is 8.84. The molecule has 3 aromatic rings. The molecule has 0 atom stereocenters. The van der Waals surface area contributed by atoms with Crippen LogP contribution in [0.15, 0.2) is 65.3 Å². The van der Waals surface area contributed by atoms with E-state index in [1.54, 1.807) is 16.1 Å². The minimum atomic E-state index is -0.148. The Morgan fingerprint density at radius 1 is 0.860 bits per heavy atom. The maximum absolute atomic E-state index is 13.9. The van der Waals surface area contributed by atoms with Gasteiger partial charge in [0.2, 0.25) is 12.7 Å². The first-order chi connectivity index (χ1) is 21.1. The van der Waals surface area contributed by atoms with Crippen molar-refractivity contribution in [2.75, 3.05) is 52.7 Å². The molecule has 1 aromatic heterocycles. The van der Waals surface area contributed by atoms with Gasteiger partial charge in [-0.15, -0.1) is 0 Å². The number of nitrogens with zero attached hydrogens (tertiary/aromatic N) is 3. The largest absolute Gasteiger partial charge is 0.467 e. The molecular formula is C34H43N3O6. The number of morpholine rings is 1. The molecule has 0 saturated carbocycles. The number of furan rings is 1. The summed E-state index contributed by atoms with van der Waals surface area (Å²) in [6.07, 6.45) is 6.89. The second-order valence-corrected chi connectivity index (χ2v) is 11.2. The predicted molar refractivity (Wildman–Crippen MR) is 163 cm³/mol. The van der Waals surface area contributed by atoms with Crippen LogP contribution >= 0.6 is 0 Å². The van der Waals surface area contributed by atoms with Gasteiger partial charge in [0.25, 0.3) is 5.91 Å². The molecule has 3 heterocycles. The van der Waals surface area contributed by atoms with Crippen LogP contribution in [0.1, 0.15) is 59.9 Å². The van der Waals surface area contributed by atoms with Crippen molar-refractivity contribution in [3.63, 3.8) is 0 Å². The Kier molecular flexibility index (Phi) is 11.1. The van der Waals surface area contributed by atoms with Crippen LogP contribution in [0, 0.1) is 0 Å². The molecule has 9 heteroatoms. The van der Waals surface area contributed by atoms with Gasteiger partial charge in [-0.1, -0.05) is 38.0 Å². The smallest absolute Gasteiger partial charge is 0.254 e. The number of ether oxygens (including phenoxy) is 3. The lowest BCUT2D eigenvalue weighted by molar-refractivity contribution is -0.133. The van der Waals surface area contributed by atoms with E-state index in [1.165, 1.54) is 18.4 Å². The highest BCUT2D eigenvalue weighted by molar-refractivity contribution is 5.96. The fourth-order valence-electron chi connectivity index (χ4n) is 5.48. The summed E-state index contributed by atoms with van der Waals surface area (Å²) < 4.78 is 22.1. The second kappa shape index (κ2) is 15.6. The summed E-state index contributed by atoms with van der Waals surface area (Å²) in [5.41, 5.74) is 2.74. The molecule has 230 valence electrons. The first-order valence-corrected chi connectivity index (χ1v) is 15.5. The molecule has 1 saturated heterocycles. The second-order valence-electron chi connectivity index (χ2n) is 11.2. The predicted octanol–water partition coefficient (Wildman–Crippen LogP) is 5.13. The van der Waals surface area contributed by atoms with Crippen LogP contribution in [0.2, 0.25) is 0 Å². The summed E-state index contributed by atoms with van der Waals surface area (Å²) in [4.78, 5) is 33.5. The lowest BCUT2D eigenvalue weighted by Gasteiger charge is -2.30. The number of hydrogen-bond acceptors (Lipinski definition) is 7. The summed E-state index contributed by atoms with van der Waals surface area (Å²) >= 11 is 0. The van der Waals surface area contributed by atoms with Gasteiger partial charge in [-0.3, -0.25) is 14.5 Å². The number of rotatable bonds is 15. The lowest BCUT2D eigenvalue weighted by atomic mass is 10.0. The Bertz CT molecular complexity index is 1300. The third-order valence-corrected chi connectivity index (χ3v) is 7.98. The molecule has 0 spiro atoms. The van der Waals surface area contributed by atoms with E-state index < -0.39 is 0 Å². The van der Waals surface area contributed by atoms with E-state index in [0.717, 1.165) is 57.7 Å². The van der Waals surface area contributed by atoms with Gasteiger partial charge in [0, 0.05) is 38.3 Å². The summed E-state index contributed by atoms with van der Waals surface area (Å²) in [6, 6.07) is 17.2. The van der Waals surface area contributed by atoms with Crippen LogP contribution in [-0.2, 0) is 29.0 Å². The first-order valence-electron chi connectivity index (χ1n) is 15.5. The van der Waals surface area contributed by atoms with Crippen molar-refractivity contribution in [1.82, 2.24) is 14.7 Å². The monoisotopic (exact) mass is 589 g/mol. The van der Waals surface area contributed by atoms with Gasteiger partial charge < -0.3 is 28.4 Å². The molecule has 2 aromatic carbocycles. The van der Waals surface area contributed by atoms with Crippen molar-refractivity contribution in [3.05, 3.63) is 83.3 Å². The standard InChI is InChI=1S/C34H43N3O6/c1-2-3-4-7-27-9-12-29(13-10-27)34(39)36(16-6-15-35-17-20-40-21-18-35)25-33(38)37(24-30-8-5-19-41-30)23-28-11-14-31-32(22-28)43-26-42-31/h5,8-14,19,22H,2-4,6-7,15-18,20-21,23-26H2,1H3. The van der Waals surface area contributed by atoms with E-state index in [0.29, 0.717) is 42.5 Å². The van der Waals surface area contributed by atoms with Crippen molar-refractivity contribution in [3.8, 4) is 11.5 Å². The van der Waals surface area contributed by atoms with E-state index in [9.17, 15) is 9.59 Å². The average Bonchev–Trinajstić information content (AvgIpc) is 3.73. The van der Waals surface area contributed by atoms with Crippen molar-refractivity contribution in [1.29, 1.82) is 0 Å². The Morgan fingerprint density at radius 3 is 2.42 bits per heavy atom. The highest BCUT2D eigenvalue weighted by Crippen LogP contribution is 2.33. The van der Waals surface area contributed by atoms with Crippen LogP contribution < -0.4 is 9.47 Å². The normalized spacial score (nSPS) is 14.5. The summed E-state index contributed by atoms with van der Waals surface area (Å²) in [5, 5.41) is 0. The molecule has 2 aliphatic rings. The zero-order valence-corrected chi connectivity index (χ0v) is 25.2. The topological polar surface area (TPSA) is 84.7 Å². The summed E-state index contributed by atoms with van der Waals surface area (Å²) in [5.74, 6) is 1.77. The van der Waals surface area contributed by atoms with Crippen LogP contribution in [0.5, 0.6) is 11.5 Å². The maximum Gasteiger partial charge on any atom is 0.254 e. The molecule has 0 aliphatic carbocycles. The number of unbranched alkanes of at least 4 members (excludes halogenated alkanes) is 2. The fraction of sp³-hybridized carbons (Fsp3) is 0.471. The molecule has 0 bridgehead atoms. The molecule has 1 fully saturated rings. The van der Waals surface area contributed by atoms with E-state index in [4.69, 9.17) is 18.6 Å². The van der Waals surface area contributed by atoms with Crippen LogP contribution in [0.25, 0.3) is 0 Å². The molecule has 43 heavy (non-hydrogen) atoms. The van der Waals surface area contributed by atoms with Crippen LogP contribution in [-0.4, -0.2) is 79.2 Å². The Labute approximate surface area is 254 Å². The van der Waals surface area contributed by atoms with Gasteiger partial charge in [0.15, 0.2) is 11.5 Å². The third-order valence-electron chi connectivity index (χ3n) is 7.98.